The van der Waals surface area contributed by atoms with Crippen molar-refractivity contribution in [1.82, 2.24) is 25.1 Å². The van der Waals surface area contributed by atoms with E-state index in [0.29, 0.717) is 37.9 Å². The molecule has 1 aliphatic rings. The summed E-state index contributed by atoms with van der Waals surface area (Å²) < 4.78 is 10.6. The number of hydrogen-bond donors (Lipinski definition) is 0. The van der Waals surface area contributed by atoms with Crippen molar-refractivity contribution in [3.05, 3.63) is 17.9 Å². The number of ether oxygens (including phenoxy) is 1. The van der Waals surface area contributed by atoms with E-state index < -0.39 is 0 Å². The Balaban J connectivity index is 1.66. The summed E-state index contributed by atoms with van der Waals surface area (Å²) >= 11 is 0. The lowest BCUT2D eigenvalue weighted by atomic mass is 10.4. The van der Waals surface area contributed by atoms with E-state index in [0.717, 1.165) is 5.76 Å². The first-order chi connectivity index (χ1) is 9.72. The van der Waals surface area contributed by atoms with E-state index >= 15 is 0 Å². The molecule has 1 aliphatic heterocycles. The summed E-state index contributed by atoms with van der Waals surface area (Å²) in [5.74, 6) is 1.68. The molecule has 106 valence electrons. The Hall–Kier alpha value is -2.22. The molecule has 20 heavy (non-hydrogen) atoms. The topological polar surface area (TPSA) is 86.3 Å². The van der Waals surface area contributed by atoms with E-state index in [-0.39, 0.29) is 12.5 Å². The number of nitrogens with zero attached hydrogens (tertiary/aromatic N) is 5. The van der Waals surface area contributed by atoms with Crippen molar-refractivity contribution >= 4 is 5.91 Å². The third kappa shape index (κ3) is 2.69. The highest BCUT2D eigenvalue weighted by Gasteiger charge is 2.19. The number of carbonyl (C=O) groups excluding carboxylic acids is 1. The lowest BCUT2D eigenvalue weighted by Crippen LogP contribution is -2.42. The number of carbonyl (C=O) groups is 1. The highest BCUT2D eigenvalue weighted by molar-refractivity contribution is 5.75. The first-order valence-electron chi connectivity index (χ1n) is 6.42. The molecule has 3 heterocycles. The van der Waals surface area contributed by atoms with Crippen LogP contribution in [0.3, 0.4) is 0 Å². The monoisotopic (exact) mass is 277 g/mol. The second kappa shape index (κ2) is 5.41. The van der Waals surface area contributed by atoms with Crippen LogP contribution in [0, 0.1) is 6.92 Å². The lowest BCUT2D eigenvalue weighted by molar-refractivity contribution is -0.136. The van der Waals surface area contributed by atoms with Crippen LogP contribution in [0.1, 0.15) is 5.76 Å². The predicted octanol–water partition coefficient (Wildman–Crippen LogP) is 0.100. The molecule has 0 aliphatic carbocycles. The summed E-state index contributed by atoms with van der Waals surface area (Å²) in [6, 6.07) is 3.61. The maximum atomic E-state index is 12.0. The van der Waals surface area contributed by atoms with Gasteiger partial charge in [-0.05, 0) is 24.3 Å². The second-order valence-electron chi connectivity index (χ2n) is 4.55. The molecule has 8 heteroatoms. The number of furan rings is 1. The molecule has 3 rings (SSSR count). The molecule has 0 radical (unpaired) electrons. The predicted molar refractivity (Wildman–Crippen MR) is 67.7 cm³/mol. The van der Waals surface area contributed by atoms with Crippen LogP contribution in [0.5, 0.6) is 0 Å². The third-order valence-electron chi connectivity index (χ3n) is 3.05. The summed E-state index contributed by atoms with van der Waals surface area (Å²) in [5.41, 5.74) is 0. The fourth-order valence-electron chi connectivity index (χ4n) is 2.00. The van der Waals surface area contributed by atoms with Gasteiger partial charge in [0, 0.05) is 13.1 Å². The number of amides is 1. The standard InChI is InChI=1S/C12H15N5O3/c1-9-2-3-10(20-9)12-13-15-17(14-12)8-11(18)16-4-6-19-7-5-16/h2-3H,4-8H2,1H3. The fraction of sp³-hybridized carbons (Fsp3) is 0.500. The van der Waals surface area contributed by atoms with E-state index in [1.807, 2.05) is 13.0 Å². The van der Waals surface area contributed by atoms with E-state index in [9.17, 15) is 4.79 Å². The van der Waals surface area contributed by atoms with Gasteiger partial charge < -0.3 is 14.1 Å². The Kier molecular flexibility index (Phi) is 3.46. The van der Waals surface area contributed by atoms with Gasteiger partial charge in [-0.2, -0.15) is 4.80 Å². The molecule has 0 saturated carbocycles. The van der Waals surface area contributed by atoms with Crippen molar-refractivity contribution in [3.8, 4) is 11.6 Å². The number of rotatable bonds is 3. The smallest absolute Gasteiger partial charge is 0.246 e. The van der Waals surface area contributed by atoms with Crippen molar-refractivity contribution in [2.75, 3.05) is 26.3 Å². The number of hydrogen-bond acceptors (Lipinski definition) is 6. The second-order valence-corrected chi connectivity index (χ2v) is 4.55. The zero-order valence-electron chi connectivity index (χ0n) is 11.2. The van der Waals surface area contributed by atoms with E-state index in [1.54, 1.807) is 11.0 Å². The molecule has 1 amide bonds. The van der Waals surface area contributed by atoms with E-state index in [4.69, 9.17) is 9.15 Å². The molecule has 0 spiro atoms. The highest BCUT2D eigenvalue weighted by atomic mass is 16.5. The van der Waals surface area contributed by atoms with Crippen molar-refractivity contribution in [2.45, 2.75) is 13.5 Å². The number of morpholine rings is 1. The lowest BCUT2D eigenvalue weighted by Gasteiger charge is -2.26. The summed E-state index contributed by atoms with van der Waals surface area (Å²) in [6.45, 7) is 4.29. The Bertz CT molecular complexity index is 600. The van der Waals surface area contributed by atoms with Crippen LogP contribution >= 0.6 is 0 Å². The van der Waals surface area contributed by atoms with E-state index in [1.165, 1.54) is 4.80 Å². The van der Waals surface area contributed by atoms with Crippen LogP contribution in [-0.4, -0.2) is 57.3 Å². The maximum absolute atomic E-state index is 12.0. The number of aryl methyl sites for hydroxylation is 1. The molecule has 2 aromatic heterocycles. The molecule has 0 N–H and O–H groups in total. The summed E-state index contributed by atoms with van der Waals surface area (Å²) in [5, 5.41) is 11.9. The first-order valence-corrected chi connectivity index (χ1v) is 6.42. The molecule has 2 aromatic rings. The van der Waals surface area contributed by atoms with Crippen molar-refractivity contribution < 1.29 is 13.9 Å². The SMILES string of the molecule is Cc1ccc(-c2nnn(CC(=O)N3CCOCC3)n2)o1. The zero-order chi connectivity index (χ0) is 13.9. The minimum absolute atomic E-state index is 0.0344. The normalized spacial score (nSPS) is 15.6. The zero-order valence-corrected chi connectivity index (χ0v) is 11.2. The van der Waals surface area contributed by atoms with Gasteiger partial charge >= 0.3 is 0 Å². The number of tetrazole rings is 1. The van der Waals surface area contributed by atoms with Crippen LogP contribution in [0.4, 0.5) is 0 Å². The van der Waals surface area contributed by atoms with Gasteiger partial charge in [-0.3, -0.25) is 4.79 Å². The van der Waals surface area contributed by atoms with Crippen LogP contribution in [0.25, 0.3) is 11.6 Å². The largest absolute Gasteiger partial charge is 0.458 e. The average molecular weight is 277 g/mol. The molecule has 1 fully saturated rings. The van der Waals surface area contributed by atoms with E-state index in [2.05, 4.69) is 15.4 Å². The summed E-state index contributed by atoms with van der Waals surface area (Å²) in [6.07, 6.45) is 0. The molecular weight excluding hydrogens is 262 g/mol. The highest BCUT2D eigenvalue weighted by Crippen LogP contribution is 2.16. The average Bonchev–Trinajstić information content (AvgIpc) is 3.09. The van der Waals surface area contributed by atoms with Crippen LogP contribution in [0.2, 0.25) is 0 Å². The Morgan fingerprint density at radius 3 is 2.85 bits per heavy atom. The molecular formula is C12H15N5O3. The minimum atomic E-state index is -0.0344. The Morgan fingerprint density at radius 1 is 1.35 bits per heavy atom. The van der Waals surface area contributed by atoms with Crippen LogP contribution in [-0.2, 0) is 16.1 Å². The summed E-state index contributed by atoms with van der Waals surface area (Å²) in [4.78, 5) is 15.1. The van der Waals surface area contributed by atoms with Gasteiger partial charge in [-0.1, -0.05) is 0 Å². The van der Waals surface area contributed by atoms with Gasteiger partial charge in [-0.15, -0.1) is 10.2 Å². The molecule has 1 saturated heterocycles. The van der Waals surface area contributed by atoms with Crippen molar-refractivity contribution in [1.29, 1.82) is 0 Å². The molecule has 0 unspecified atom stereocenters. The summed E-state index contributed by atoms with van der Waals surface area (Å²) in [7, 11) is 0. The van der Waals surface area contributed by atoms with Gasteiger partial charge in [0.05, 0.1) is 13.2 Å². The van der Waals surface area contributed by atoms with Crippen LogP contribution < -0.4 is 0 Å². The van der Waals surface area contributed by atoms with Crippen molar-refractivity contribution in [2.24, 2.45) is 0 Å². The van der Waals surface area contributed by atoms with Crippen LogP contribution in [0.15, 0.2) is 16.5 Å². The van der Waals surface area contributed by atoms with Gasteiger partial charge in [0.25, 0.3) is 0 Å². The maximum Gasteiger partial charge on any atom is 0.246 e. The molecule has 0 aromatic carbocycles. The molecule has 0 atom stereocenters. The van der Waals surface area contributed by atoms with Crippen molar-refractivity contribution in [3.63, 3.8) is 0 Å². The Labute approximate surface area is 115 Å². The quantitative estimate of drug-likeness (QED) is 0.791. The van der Waals surface area contributed by atoms with Gasteiger partial charge in [0.2, 0.25) is 11.7 Å². The van der Waals surface area contributed by atoms with Gasteiger partial charge in [0.15, 0.2) is 5.76 Å². The van der Waals surface area contributed by atoms with Gasteiger partial charge in [-0.25, -0.2) is 0 Å². The first kappa shape index (κ1) is 12.8. The fourth-order valence-corrected chi connectivity index (χ4v) is 2.00. The number of aromatic nitrogens is 4. The van der Waals surface area contributed by atoms with Gasteiger partial charge in [0.1, 0.15) is 12.3 Å². The molecule has 0 bridgehead atoms. The third-order valence-corrected chi connectivity index (χ3v) is 3.05. The molecule has 8 nitrogen and oxygen atoms in total. The minimum Gasteiger partial charge on any atom is -0.458 e. The Morgan fingerprint density at radius 2 is 2.15 bits per heavy atom.